The van der Waals surface area contributed by atoms with Crippen LogP contribution >= 0.6 is 23.5 Å². The Kier molecular flexibility index (Phi) is 11.3. The van der Waals surface area contributed by atoms with Crippen molar-refractivity contribution < 1.29 is 15.0 Å². The van der Waals surface area contributed by atoms with Gasteiger partial charge in [0.25, 0.3) is 0 Å². The van der Waals surface area contributed by atoms with Crippen molar-refractivity contribution in [2.75, 3.05) is 6.61 Å². The third-order valence-corrected chi connectivity index (χ3v) is 10.2. The number of carboxylic acid groups (broad SMARTS) is 1. The Morgan fingerprint density at radius 1 is 0.871 bits per heavy atom. The molecule has 2 rings (SSSR count). The van der Waals surface area contributed by atoms with E-state index in [-0.39, 0.29) is 12.0 Å². The van der Waals surface area contributed by atoms with Crippen molar-refractivity contribution in [2.24, 2.45) is 10.8 Å². The molecule has 2 fully saturated rings. The number of aliphatic hydroxyl groups excluding tert-OH is 1. The molecule has 2 aliphatic rings. The molecular formula is C26H46O3S2. The first-order valence-corrected chi connectivity index (χ1v) is 14.3. The second-order valence-corrected chi connectivity index (χ2v) is 14.2. The molecule has 3 nitrogen and oxygen atoms in total. The number of aliphatic hydroxyl groups is 1. The van der Waals surface area contributed by atoms with Gasteiger partial charge in [-0.15, -0.1) is 0 Å². The fourth-order valence-corrected chi connectivity index (χ4v) is 7.75. The molecule has 0 aromatic rings. The molecular weight excluding hydrogens is 424 g/mol. The summed E-state index contributed by atoms with van der Waals surface area (Å²) >= 11 is 4.32. The monoisotopic (exact) mass is 470 g/mol. The molecule has 0 amide bonds. The highest BCUT2D eigenvalue weighted by Gasteiger charge is 2.28. The predicted octanol–water partition coefficient (Wildman–Crippen LogP) is 7.32. The summed E-state index contributed by atoms with van der Waals surface area (Å²) < 4.78 is 0. The SMILES string of the molecule is CC(C)(CO)CCCC1CCCC(/C=C\C2CCCC(CCCC(C)(C)C(=O)O)S2)S1. The van der Waals surface area contributed by atoms with Crippen LogP contribution in [0.15, 0.2) is 12.2 Å². The Labute approximate surface area is 199 Å². The zero-order valence-corrected chi connectivity index (χ0v) is 21.9. The fraction of sp³-hybridized carbons (Fsp3) is 0.885. The van der Waals surface area contributed by atoms with E-state index in [0.29, 0.717) is 15.7 Å². The minimum Gasteiger partial charge on any atom is -0.481 e. The normalized spacial score (nSPS) is 28.2. The van der Waals surface area contributed by atoms with E-state index in [0.717, 1.165) is 30.9 Å². The number of aliphatic carboxylic acids is 1. The molecule has 2 N–H and O–H groups in total. The minimum absolute atomic E-state index is 0.0662. The molecule has 0 bridgehead atoms. The summed E-state index contributed by atoms with van der Waals surface area (Å²) in [7, 11) is 0. The molecule has 0 radical (unpaired) electrons. The maximum atomic E-state index is 11.3. The van der Waals surface area contributed by atoms with E-state index < -0.39 is 11.4 Å². The summed E-state index contributed by atoms with van der Waals surface area (Å²) in [5, 5.41) is 21.5. The van der Waals surface area contributed by atoms with Crippen molar-refractivity contribution in [2.45, 2.75) is 126 Å². The van der Waals surface area contributed by atoms with Crippen molar-refractivity contribution in [3.05, 3.63) is 12.2 Å². The summed E-state index contributed by atoms with van der Waals surface area (Å²) in [6, 6.07) is 0. The number of hydrogen-bond donors (Lipinski definition) is 2. The van der Waals surface area contributed by atoms with Gasteiger partial charge in [-0.2, -0.15) is 23.5 Å². The van der Waals surface area contributed by atoms with Gasteiger partial charge in [0.2, 0.25) is 0 Å². The van der Waals surface area contributed by atoms with Crippen LogP contribution in [0.4, 0.5) is 0 Å². The van der Waals surface area contributed by atoms with Crippen LogP contribution in [0.2, 0.25) is 0 Å². The number of thioether (sulfide) groups is 2. The van der Waals surface area contributed by atoms with Crippen molar-refractivity contribution in [3.63, 3.8) is 0 Å². The second kappa shape index (κ2) is 12.9. The van der Waals surface area contributed by atoms with Gasteiger partial charge in [0, 0.05) is 27.6 Å². The molecule has 0 spiro atoms. The third-order valence-electron chi connectivity index (χ3n) is 7.02. The Balaban J connectivity index is 1.71. The molecule has 180 valence electrons. The fourth-order valence-electron chi connectivity index (χ4n) is 4.58. The lowest BCUT2D eigenvalue weighted by Crippen LogP contribution is -2.24. The van der Waals surface area contributed by atoms with Crippen LogP contribution in [-0.2, 0) is 4.79 Å². The lowest BCUT2D eigenvalue weighted by atomic mass is 9.87. The summed E-state index contributed by atoms with van der Waals surface area (Å²) in [6.45, 7) is 8.30. The van der Waals surface area contributed by atoms with E-state index in [4.69, 9.17) is 0 Å². The molecule has 4 atom stereocenters. The van der Waals surface area contributed by atoms with Gasteiger partial charge in [0.05, 0.1) is 5.41 Å². The van der Waals surface area contributed by atoms with Gasteiger partial charge in [-0.3, -0.25) is 4.79 Å². The Morgan fingerprint density at radius 2 is 1.35 bits per heavy atom. The number of rotatable bonds is 12. The van der Waals surface area contributed by atoms with E-state index in [2.05, 4.69) is 49.5 Å². The molecule has 0 aliphatic carbocycles. The summed E-state index contributed by atoms with van der Waals surface area (Å²) in [4.78, 5) is 11.3. The van der Waals surface area contributed by atoms with Crippen LogP contribution in [0.25, 0.3) is 0 Å². The van der Waals surface area contributed by atoms with Crippen molar-refractivity contribution in [3.8, 4) is 0 Å². The van der Waals surface area contributed by atoms with Crippen molar-refractivity contribution >= 4 is 29.5 Å². The van der Waals surface area contributed by atoms with Crippen LogP contribution in [-0.4, -0.2) is 43.8 Å². The minimum atomic E-state index is -0.676. The Bertz CT molecular complexity index is 573. The van der Waals surface area contributed by atoms with Gasteiger partial charge in [0.15, 0.2) is 0 Å². The van der Waals surface area contributed by atoms with Gasteiger partial charge < -0.3 is 10.2 Å². The first kappa shape index (κ1) is 27.1. The molecule has 4 unspecified atom stereocenters. The average Bonchev–Trinajstić information content (AvgIpc) is 2.72. The highest BCUT2D eigenvalue weighted by molar-refractivity contribution is 8.01. The maximum Gasteiger partial charge on any atom is 0.309 e. The van der Waals surface area contributed by atoms with Gasteiger partial charge in [-0.05, 0) is 70.6 Å². The number of carboxylic acids is 1. The third kappa shape index (κ3) is 10.1. The Morgan fingerprint density at radius 3 is 1.81 bits per heavy atom. The molecule has 31 heavy (non-hydrogen) atoms. The van der Waals surface area contributed by atoms with Crippen molar-refractivity contribution in [1.82, 2.24) is 0 Å². The Hall–Kier alpha value is -0.130. The van der Waals surface area contributed by atoms with Crippen LogP contribution < -0.4 is 0 Å². The van der Waals surface area contributed by atoms with E-state index in [1.807, 2.05) is 13.8 Å². The summed E-state index contributed by atoms with van der Waals surface area (Å²) in [5.41, 5.74) is -0.530. The van der Waals surface area contributed by atoms with E-state index in [1.54, 1.807) is 0 Å². The first-order valence-electron chi connectivity index (χ1n) is 12.4. The average molecular weight is 471 g/mol. The number of carbonyl (C=O) groups is 1. The second-order valence-electron chi connectivity index (χ2n) is 11.1. The van der Waals surface area contributed by atoms with Crippen molar-refractivity contribution in [1.29, 1.82) is 0 Å². The highest BCUT2D eigenvalue weighted by atomic mass is 32.2. The molecule has 2 saturated heterocycles. The lowest BCUT2D eigenvalue weighted by Gasteiger charge is -2.30. The molecule has 2 aliphatic heterocycles. The van der Waals surface area contributed by atoms with Crippen LogP contribution in [0.1, 0.15) is 105 Å². The van der Waals surface area contributed by atoms with E-state index >= 15 is 0 Å². The highest BCUT2D eigenvalue weighted by Crippen LogP contribution is 2.39. The zero-order chi connectivity index (χ0) is 22.9. The standard InChI is InChI=1S/C26H46O3S2/c1-25(2,19-27)17-7-13-20-9-5-11-22(30-20)15-16-23-12-6-10-21(31-23)14-8-18-26(3,4)24(28)29/h15-16,20-23,27H,5-14,17-19H2,1-4H3,(H,28,29)/b16-15-. The van der Waals surface area contributed by atoms with Gasteiger partial charge in [0.1, 0.15) is 0 Å². The number of hydrogen-bond acceptors (Lipinski definition) is 4. The molecule has 0 aromatic carbocycles. The predicted molar refractivity (Wildman–Crippen MR) is 137 cm³/mol. The van der Waals surface area contributed by atoms with Gasteiger partial charge in [-0.25, -0.2) is 0 Å². The van der Waals surface area contributed by atoms with Gasteiger partial charge in [-0.1, -0.05) is 51.7 Å². The van der Waals surface area contributed by atoms with Crippen LogP contribution in [0, 0.1) is 10.8 Å². The largest absolute Gasteiger partial charge is 0.481 e. The summed E-state index contributed by atoms with van der Waals surface area (Å²) in [5.74, 6) is -0.676. The maximum absolute atomic E-state index is 11.3. The molecule has 2 heterocycles. The zero-order valence-electron chi connectivity index (χ0n) is 20.3. The van der Waals surface area contributed by atoms with E-state index in [9.17, 15) is 15.0 Å². The quantitative estimate of drug-likeness (QED) is 0.293. The molecule has 5 heteroatoms. The smallest absolute Gasteiger partial charge is 0.309 e. The van der Waals surface area contributed by atoms with E-state index in [1.165, 1.54) is 51.4 Å². The van der Waals surface area contributed by atoms with Crippen LogP contribution in [0.3, 0.4) is 0 Å². The van der Waals surface area contributed by atoms with Crippen LogP contribution in [0.5, 0.6) is 0 Å². The van der Waals surface area contributed by atoms with Gasteiger partial charge >= 0.3 is 5.97 Å². The molecule has 0 aromatic heterocycles. The topological polar surface area (TPSA) is 57.5 Å². The summed E-state index contributed by atoms with van der Waals surface area (Å²) in [6.07, 6.45) is 19.4. The molecule has 0 saturated carbocycles. The first-order chi connectivity index (χ1) is 14.6. The lowest BCUT2D eigenvalue weighted by molar-refractivity contribution is -0.147.